The predicted molar refractivity (Wildman–Crippen MR) is 75.4 cm³/mol. The smallest absolute Gasteiger partial charge is 0.122 e. The maximum absolute atomic E-state index is 9.51. The van der Waals surface area contributed by atoms with Crippen molar-refractivity contribution < 1.29 is 9.84 Å². The van der Waals surface area contributed by atoms with Gasteiger partial charge in [0.25, 0.3) is 0 Å². The number of aryl methyl sites for hydroxylation is 2. The lowest BCUT2D eigenvalue weighted by Crippen LogP contribution is -2.20. The van der Waals surface area contributed by atoms with Gasteiger partial charge < -0.3 is 15.6 Å². The third kappa shape index (κ3) is 4.48. The second-order valence-corrected chi connectivity index (χ2v) is 4.89. The quantitative estimate of drug-likeness (QED) is 0.802. The monoisotopic (exact) mass is 271 g/mol. The SMILES string of the molecule is CCCOc1cc(C)c(Cl)cc1CCC(O)CN. The van der Waals surface area contributed by atoms with Crippen LogP contribution in [0.2, 0.25) is 5.02 Å². The van der Waals surface area contributed by atoms with Crippen LogP contribution in [0.5, 0.6) is 5.75 Å². The standard InChI is InChI=1S/C14H22ClNO2/c1-3-6-18-14-7-10(2)13(15)8-11(14)4-5-12(17)9-16/h7-8,12,17H,3-6,9,16H2,1-2H3. The van der Waals surface area contributed by atoms with Crippen LogP contribution in [0.15, 0.2) is 12.1 Å². The van der Waals surface area contributed by atoms with Crippen molar-refractivity contribution in [3.63, 3.8) is 0 Å². The first kappa shape index (κ1) is 15.3. The van der Waals surface area contributed by atoms with Crippen LogP contribution in [0.3, 0.4) is 0 Å². The van der Waals surface area contributed by atoms with Crippen molar-refractivity contribution in [2.24, 2.45) is 5.73 Å². The van der Waals surface area contributed by atoms with Gasteiger partial charge in [0.05, 0.1) is 12.7 Å². The zero-order chi connectivity index (χ0) is 13.5. The molecule has 1 aromatic carbocycles. The minimum atomic E-state index is -0.468. The summed E-state index contributed by atoms with van der Waals surface area (Å²) in [5.74, 6) is 0.864. The summed E-state index contributed by atoms with van der Waals surface area (Å²) < 4.78 is 5.72. The van der Waals surface area contributed by atoms with Crippen LogP contribution < -0.4 is 10.5 Å². The third-order valence-corrected chi connectivity index (χ3v) is 3.23. The van der Waals surface area contributed by atoms with Crippen molar-refractivity contribution in [3.05, 3.63) is 28.3 Å². The number of halogens is 1. The molecule has 0 radical (unpaired) electrons. The Bertz CT molecular complexity index is 382. The number of aliphatic hydroxyl groups is 1. The Morgan fingerprint density at radius 1 is 1.44 bits per heavy atom. The molecule has 0 fully saturated rings. The molecule has 102 valence electrons. The molecule has 0 aromatic heterocycles. The average molecular weight is 272 g/mol. The fraction of sp³-hybridized carbons (Fsp3) is 0.571. The summed E-state index contributed by atoms with van der Waals surface area (Å²) in [4.78, 5) is 0. The van der Waals surface area contributed by atoms with Crippen LogP contribution in [0.4, 0.5) is 0 Å². The summed E-state index contributed by atoms with van der Waals surface area (Å²) in [6, 6.07) is 3.88. The summed E-state index contributed by atoms with van der Waals surface area (Å²) in [6.07, 6.45) is 1.84. The highest BCUT2D eigenvalue weighted by Gasteiger charge is 2.10. The maximum atomic E-state index is 9.51. The molecule has 0 spiro atoms. The zero-order valence-corrected chi connectivity index (χ0v) is 11.8. The average Bonchev–Trinajstić information content (AvgIpc) is 2.37. The molecular weight excluding hydrogens is 250 g/mol. The van der Waals surface area contributed by atoms with Crippen molar-refractivity contribution in [1.82, 2.24) is 0 Å². The number of hydrogen-bond acceptors (Lipinski definition) is 3. The molecule has 0 aliphatic heterocycles. The molecule has 0 saturated heterocycles. The highest BCUT2D eigenvalue weighted by Crippen LogP contribution is 2.28. The van der Waals surface area contributed by atoms with E-state index in [9.17, 15) is 5.11 Å². The molecule has 3 N–H and O–H groups in total. The van der Waals surface area contributed by atoms with Gasteiger partial charge >= 0.3 is 0 Å². The van der Waals surface area contributed by atoms with Crippen LogP contribution in [0.1, 0.15) is 30.9 Å². The van der Waals surface area contributed by atoms with Crippen molar-refractivity contribution >= 4 is 11.6 Å². The van der Waals surface area contributed by atoms with Gasteiger partial charge in [-0.25, -0.2) is 0 Å². The highest BCUT2D eigenvalue weighted by atomic mass is 35.5. The number of hydrogen-bond donors (Lipinski definition) is 2. The van der Waals surface area contributed by atoms with E-state index in [2.05, 4.69) is 6.92 Å². The number of aliphatic hydroxyl groups excluding tert-OH is 1. The fourth-order valence-electron chi connectivity index (χ4n) is 1.68. The fourth-order valence-corrected chi connectivity index (χ4v) is 1.86. The van der Waals surface area contributed by atoms with E-state index in [1.165, 1.54) is 0 Å². The molecule has 18 heavy (non-hydrogen) atoms. The lowest BCUT2D eigenvalue weighted by atomic mass is 10.0. The topological polar surface area (TPSA) is 55.5 Å². The maximum Gasteiger partial charge on any atom is 0.122 e. The molecule has 0 amide bonds. The van der Waals surface area contributed by atoms with E-state index in [0.717, 1.165) is 34.7 Å². The second kappa shape index (κ2) is 7.62. The number of rotatable bonds is 7. The summed E-state index contributed by atoms with van der Waals surface area (Å²) in [5.41, 5.74) is 7.44. The van der Waals surface area contributed by atoms with E-state index in [4.69, 9.17) is 22.1 Å². The Balaban J connectivity index is 2.82. The lowest BCUT2D eigenvalue weighted by Gasteiger charge is -2.14. The second-order valence-electron chi connectivity index (χ2n) is 4.49. The summed E-state index contributed by atoms with van der Waals surface area (Å²) >= 11 is 6.13. The van der Waals surface area contributed by atoms with Crippen LogP contribution in [0.25, 0.3) is 0 Å². The first-order valence-electron chi connectivity index (χ1n) is 6.38. The van der Waals surface area contributed by atoms with Crippen LogP contribution in [-0.4, -0.2) is 24.4 Å². The highest BCUT2D eigenvalue weighted by molar-refractivity contribution is 6.31. The van der Waals surface area contributed by atoms with Crippen molar-refractivity contribution in [1.29, 1.82) is 0 Å². The summed E-state index contributed by atoms with van der Waals surface area (Å²) in [7, 11) is 0. The van der Waals surface area contributed by atoms with Gasteiger partial charge in [0.15, 0.2) is 0 Å². The van der Waals surface area contributed by atoms with E-state index in [1.807, 2.05) is 19.1 Å². The normalized spacial score (nSPS) is 12.5. The Morgan fingerprint density at radius 2 is 2.17 bits per heavy atom. The van der Waals surface area contributed by atoms with E-state index in [-0.39, 0.29) is 6.54 Å². The molecule has 1 unspecified atom stereocenters. The predicted octanol–water partition coefficient (Wildman–Crippen LogP) is 2.69. The zero-order valence-electron chi connectivity index (χ0n) is 11.1. The molecule has 1 aromatic rings. The molecule has 1 atom stereocenters. The third-order valence-electron chi connectivity index (χ3n) is 2.82. The van der Waals surface area contributed by atoms with Gasteiger partial charge in [-0.05, 0) is 49.4 Å². The van der Waals surface area contributed by atoms with E-state index in [1.54, 1.807) is 0 Å². The first-order chi connectivity index (χ1) is 8.58. The molecular formula is C14H22ClNO2. The summed E-state index contributed by atoms with van der Waals surface area (Å²) in [5, 5.41) is 10.2. The largest absolute Gasteiger partial charge is 0.493 e. The van der Waals surface area contributed by atoms with Gasteiger partial charge in [-0.3, -0.25) is 0 Å². The molecule has 3 nitrogen and oxygen atoms in total. The van der Waals surface area contributed by atoms with E-state index >= 15 is 0 Å². The molecule has 0 aliphatic carbocycles. The van der Waals surface area contributed by atoms with E-state index in [0.29, 0.717) is 13.0 Å². The Morgan fingerprint density at radius 3 is 2.78 bits per heavy atom. The molecule has 1 rings (SSSR count). The van der Waals surface area contributed by atoms with Gasteiger partial charge in [-0.15, -0.1) is 0 Å². The van der Waals surface area contributed by atoms with Crippen molar-refractivity contribution in [2.75, 3.05) is 13.2 Å². The first-order valence-corrected chi connectivity index (χ1v) is 6.76. The molecule has 0 aliphatic rings. The van der Waals surface area contributed by atoms with Gasteiger partial charge in [-0.2, -0.15) is 0 Å². The molecule has 0 bridgehead atoms. The Hall–Kier alpha value is -0.770. The minimum Gasteiger partial charge on any atom is -0.493 e. The van der Waals surface area contributed by atoms with Crippen LogP contribution in [0, 0.1) is 6.92 Å². The minimum absolute atomic E-state index is 0.282. The van der Waals surface area contributed by atoms with Crippen molar-refractivity contribution in [2.45, 2.75) is 39.2 Å². The van der Waals surface area contributed by atoms with Gasteiger partial charge in [0, 0.05) is 11.6 Å². The Labute approximate surface area is 114 Å². The number of nitrogens with two attached hydrogens (primary N) is 1. The van der Waals surface area contributed by atoms with Gasteiger partial charge in [-0.1, -0.05) is 18.5 Å². The van der Waals surface area contributed by atoms with E-state index < -0.39 is 6.10 Å². The molecule has 4 heteroatoms. The van der Waals surface area contributed by atoms with Crippen molar-refractivity contribution in [3.8, 4) is 5.75 Å². The Kier molecular flexibility index (Phi) is 6.47. The summed E-state index contributed by atoms with van der Waals surface area (Å²) in [6.45, 7) is 5.00. The van der Waals surface area contributed by atoms with Crippen LogP contribution in [-0.2, 0) is 6.42 Å². The number of ether oxygens (including phenoxy) is 1. The lowest BCUT2D eigenvalue weighted by molar-refractivity contribution is 0.172. The van der Waals surface area contributed by atoms with Gasteiger partial charge in [0.1, 0.15) is 5.75 Å². The molecule has 0 saturated carbocycles. The molecule has 0 heterocycles. The number of benzene rings is 1. The van der Waals surface area contributed by atoms with Gasteiger partial charge in [0.2, 0.25) is 0 Å². The van der Waals surface area contributed by atoms with Crippen LogP contribution >= 0.6 is 11.6 Å².